The number of aryl methyl sites for hydroxylation is 3. The summed E-state index contributed by atoms with van der Waals surface area (Å²) in [7, 11) is 0. The van der Waals surface area contributed by atoms with Gasteiger partial charge >= 0.3 is 0 Å². The van der Waals surface area contributed by atoms with E-state index in [1.165, 1.54) is 44.2 Å². The van der Waals surface area contributed by atoms with Crippen molar-refractivity contribution >= 4 is 21.8 Å². The summed E-state index contributed by atoms with van der Waals surface area (Å²) in [6.45, 7) is 6.48. The van der Waals surface area contributed by atoms with Crippen LogP contribution in [0, 0.1) is 13.8 Å². The van der Waals surface area contributed by atoms with E-state index in [1.54, 1.807) is 0 Å². The van der Waals surface area contributed by atoms with Gasteiger partial charge in [0.1, 0.15) is 5.82 Å². The number of hydrogen-bond donors (Lipinski definition) is 1. The van der Waals surface area contributed by atoms with Crippen LogP contribution in [0.4, 0.5) is 0 Å². The van der Waals surface area contributed by atoms with Crippen LogP contribution >= 0.6 is 0 Å². The molecule has 0 radical (unpaired) electrons. The predicted molar refractivity (Wildman–Crippen MR) is 123 cm³/mol. The Morgan fingerprint density at radius 1 is 0.828 bits per heavy atom. The number of benzene rings is 4. The SMILES string of the molecule is CCc1ccc(-c2ccc3ccccc3c2-c2nc3c(C)c(C)ccc3[nH]2)cc1. The molecule has 0 bridgehead atoms. The fourth-order valence-electron chi connectivity index (χ4n) is 4.12. The molecule has 142 valence electrons. The van der Waals surface area contributed by atoms with Gasteiger partial charge in [-0.15, -0.1) is 0 Å². The average Bonchev–Trinajstić information content (AvgIpc) is 3.20. The van der Waals surface area contributed by atoms with Crippen molar-refractivity contribution < 1.29 is 0 Å². The van der Waals surface area contributed by atoms with Gasteiger partial charge in [-0.25, -0.2) is 4.98 Å². The van der Waals surface area contributed by atoms with Crippen molar-refractivity contribution in [2.75, 3.05) is 0 Å². The minimum absolute atomic E-state index is 0.931. The molecule has 0 saturated carbocycles. The largest absolute Gasteiger partial charge is 0.338 e. The number of imidazole rings is 1. The number of nitrogens with one attached hydrogen (secondary N) is 1. The minimum atomic E-state index is 0.931. The van der Waals surface area contributed by atoms with Crippen LogP contribution in [-0.2, 0) is 6.42 Å². The molecule has 5 rings (SSSR count). The Kier molecular flexibility index (Phi) is 4.21. The fourth-order valence-corrected chi connectivity index (χ4v) is 4.12. The molecule has 1 heterocycles. The number of H-pyrrole nitrogens is 1. The normalized spacial score (nSPS) is 11.4. The first-order chi connectivity index (χ1) is 14.2. The van der Waals surface area contributed by atoms with E-state index in [1.807, 2.05) is 0 Å². The minimum Gasteiger partial charge on any atom is -0.338 e. The quantitative estimate of drug-likeness (QED) is 0.353. The van der Waals surface area contributed by atoms with E-state index in [2.05, 4.69) is 98.6 Å². The van der Waals surface area contributed by atoms with Gasteiger partial charge in [0.15, 0.2) is 0 Å². The number of nitrogens with zero attached hydrogens (tertiary/aromatic N) is 1. The summed E-state index contributed by atoms with van der Waals surface area (Å²) in [6, 6.07) is 26.2. The number of fused-ring (bicyclic) bond motifs is 2. The van der Waals surface area contributed by atoms with Crippen molar-refractivity contribution in [1.29, 1.82) is 0 Å². The van der Waals surface area contributed by atoms with Crippen LogP contribution in [0.5, 0.6) is 0 Å². The average molecular weight is 377 g/mol. The first-order valence-corrected chi connectivity index (χ1v) is 10.2. The maximum Gasteiger partial charge on any atom is 0.139 e. The highest BCUT2D eigenvalue weighted by molar-refractivity contribution is 6.03. The van der Waals surface area contributed by atoms with Gasteiger partial charge in [0.25, 0.3) is 0 Å². The fraction of sp³-hybridized carbons (Fsp3) is 0.148. The Labute approximate surface area is 171 Å². The Morgan fingerprint density at radius 2 is 1.62 bits per heavy atom. The number of aromatic nitrogens is 2. The number of hydrogen-bond acceptors (Lipinski definition) is 1. The Bertz CT molecular complexity index is 1340. The highest BCUT2D eigenvalue weighted by atomic mass is 14.9. The lowest BCUT2D eigenvalue weighted by Crippen LogP contribution is -1.90. The van der Waals surface area contributed by atoms with Crippen molar-refractivity contribution in [1.82, 2.24) is 9.97 Å². The van der Waals surface area contributed by atoms with Gasteiger partial charge in [-0.1, -0.05) is 73.7 Å². The molecule has 1 aromatic heterocycles. The monoisotopic (exact) mass is 376 g/mol. The molecule has 0 aliphatic heterocycles. The summed E-state index contributed by atoms with van der Waals surface area (Å²) in [5.41, 5.74) is 9.59. The molecule has 29 heavy (non-hydrogen) atoms. The summed E-state index contributed by atoms with van der Waals surface area (Å²) < 4.78 is 0. The third-order valence-electron chi connectivity index (χ3n) is 6.02. The second-order valence-corrected chi connectivity index (χ2v) is 7.75. The van der Waals surface area contributed by atoms with Crippen molar-refractivity contribution in [3.05, 3.63) is 89.5 Å². The van der Waals surface area contributed by atoms with Crippen molar-refractivity contribution in [3.8, 4) is 22.5 Å². The van der Waals surface area contributed by atoms with Crippen LogP contribution in [0.2, 0.25) is 0 Å². The molecule has 0 aliphatic rings. The van der Waals surface area contributed by atoms with E-state index >= 15 is 0 Å². The Hall–Kier alpha value is -3.39. The second-order valence-electron chi connectivity index (χ2n) is 7.75. The molecule has 0 saturated heterocycles. The van der Waals surface area contributed by atoms with Crippen LogP contribution < -0.4 is 0 Å². The Morgan fingerprint density at radius 3 is 2.41 bits per heavy atom. The van der Waals surface area contributed by atoms with E-state index in [4.69, 9.17) is 4.98 Å². The van der Waals surface area contributed by atoms with Crippen LogP contribution in [0.25, 0.3) is 44.3 Å². The molecule has 0 amide bonds. The maximum absolute atomic E-state index is 5.06. The molecule has 1 N–H and O–H groups in total. The summed E-state index contributed by atoms with van der Waals surface area (Å²) in [6.07, 6.45) is 1.05. The summed E-state index contributed by atoms with van der Waals surface area (Å²) in [4.78, 5) is 8.65. The smallest absolute Gasteiger partial charge is 0.139 e. The first-order valence-electron chi connectivity index (χ1n) is 10.2. The van der Waals surface area contributed by atoms with Crippen molar-refractivity contribution in [2.24, 2.45) is 0 Å². The standard InChI is InChI=1S/C27H24N2/c1-4-19-10-12-21(13-11-19)23-15-14-20-7-5-6-8-22(20)25(23)27-28-24-16-9-17(2)18(3)26(24)29-27/h5-16H,4H2,1-3H3,(H,28,29). The molecule has 0 fully saturated rings. The van der Waals surface area contributed by atoms with Crippen molar-refractivity contribution in [3.63, 3.8) is 0 Å². The van der Waals surface area contributed by atoms with Gasteiger partial charge in [0, 0.05) is 5.56 Å². The zero-order valence-electron chi connectivity index (χ0n) is 17.1. The molecule has 0 unspecified atom stereocenters. The summed E-state index contributed by atoms with van der Waals surface area (Å²) in [5, 5.41) is 2.45. The maximum atomic E-state index is 5.06. The van der Waals surface area contributed by atoms with Gasteiger partial charge in [0.2, 0.25) is 0 Å². The lowest BCUT2D eigenvalue weighted by molar-refractivity contribution is 1.14. The topological polar surface area (TPSA) is 28.7 Å². The third kappa shape index (κ3) is 2.92. The molecule has 2 nitrogen and oxygen atoms in total. The van der Waals surface area contributed by atoms with E-state index in [9.17, 15) is 0 Å². The van der Waals surface area contributed by atoms with E-state index in [-0.39, 0.29) is 0 Å². The summed E-state index contributed by atoms with van der Waals surface area (Å²) >= 11 is 0. The Balaban J connectivity index is 1.82. The zero-order valence-corrected chi connectivity index (χ0v) is 17.1. The van der Waals surface area contributed by atoms with Crippen LogP contribution in [0.3, 0.4) is 0 Å². The second kappa shape index (κ2) is 6.89. The van der Waals surface area contributed by atoms with Gasteiger partial charge in [-0.2, -0.15) is 0 Å². The number of rotatable bonds is 3. The van der Waals surface area contributed by atoms with Gasteiger partial charge in [0.05, 0.1) is 11.0 Å². The molecule has 0 spiro atoms. The predicted octanol–water partition coefficient (Wildman–Crippen LogP) is 7.23. The van der Waals surface area contributed by atoms with Crippen LogP contribution in [0.1, 0.15) is 23.6 Å². The van der Waals surface area contributed by atoms with Crippen molar-refractivity contribution in [2.45, 2.75) is 27.2 Å². The lowest BCUT2D eigenvalue weighted by atomic mass is 9.93. The molecular formula is C27H24N2. The van der Waals surface area contributed by atoms with Crippen LogP contribution in [0.15, 0.2) is 72.8 Å². The molecule has 5 aromatic rings. The van der Waals surface area contributed by atoms with Gasteiger partial charge in [-0.3, -0.25) is 0 Å². The molecule has 4 aromatic carbocycles. The highest BCUT2D eigenvalue weighted by Crippen LogP contribution is 2.38. The van der Waals surface area contributed by atoms with E-state index < -0.39 is 0 Å². The lowest BCUT2D eigenvalue weighted by Gasteiger charge is -2.12. The van der Waals surface area contributed by atoms with E-state index in [0.29, 0.717) is 0 Å². The zero-order chi connectivity index (χ0) is 20.0. The number of aromatic amines is 1. The van der Waals surface area contributed by atoms with E-state index in [0.717, 1.165) is 23.3 Å². The molecule has 0 atom stereocenters. The third-order valence-corrected chi connectivity index (χ3v) is 6.02. The molecule has 2 heteroatoms. The van der Waals surface area contributed by atoms with Crippen LogP contribution in [-0.4, -0.2) is 9.97 Å². The highest BCUT2D eigenvalue weighted by Gasteiger charge is 2.16. The summed E-state index contributed by atoms with van der Waals surface area (Å²) in [5.74, 6) is 0.931. The van der Waals surface area contributed by atoms with Gasteiger partial charge < -0.3 is 4.98 Å². The van der Waals surface area contributed by atoms with Gasteiger partial charge in [-0.05, 0) is 64.9 Å². The first kappa shape index (κ1) is 17.7. The molecular weight excluding hydrogens is 352 g/mol. The molecule has 0 aliphatic carbocycles.